The van der Waals surface area contributed by atoms with Gasteiger partial charge in [-0.3, -0.25) is 29.8 Å². The Kier molecular flexibility index (Phi) is 6.49. The number of ether oxygens (including phenoxy) is 1. The van der Waals surface area contributed by atoms with E-state index in [2.05, 4.69) is 21.2 Å². The maximum absolute atomic E-state index is 14.0. The third kappa shape index (κ3) is 4.04. The van der Waals surface area contributed by atoms with Gasteiger partial charge in [-0.25, -0.2) is 4.90 Å². The highest BCUT2D eigenvalue weighted by Gasteiger charge is 2.68. The number of carboxylic acids is 1. The van der Waals surface area contributed by atoms with Crippen LogP contribution in [0.4, 0.5) is 11.4 Å². The molecule has 2 N–H and O–H groups in total. The molecular formula is C27H22BrN3O7. The lowest BCUT2D eigenvalue weighted by Crippen LogP contribution is -2.57. The highest BCUT2D eigenvalue weighted by atomic mass is 79.9. The number of nitro groups is 1. The molecule has 38 heavy (non-hydrogen) atoms. The first-order valence-electron chi connectivity index (χ1n) is 11.7. The number of imide groups is 1. The molecule has 3 aromatic carbocycles. The number of aliphatic carboxylic acids is 1. The van der Waals surface area contributed by atoms with E-state index in [9.17, 15) is 29.6 Å². The molecule has 0 aromatic heterocycles. The Morgan fingerprint density at radius 1 is 1.11 bits per heavy atom. The summed E-state index contributed by atoms with van der Waals surface area (Å²) >= 11 is 3.39. The standard InChI is InChI=1S/C27H22BrN3O7/c1-38-20-13-18(31(36)37)11-12-19(20)30-24(32)21-22(25(30)33)27(26(34)35,14-15-5-3-2-4-6-15)29-23(21)16-7-9-17(28)10-8-16/h2-13,21-23,29H,14H2,1H3,(H,34,35). The largest absolute Gasteiger partial charge is 0.494 e. The molecule has 2 aliphatic rings. The van der Waals surface area contributed by atoms with Crippen LogP contribution in [0.1, 0.15) is 17.2 Å². The van der Waals surface area contributed by atoms with Crippen LogP contribution in [-0.2, 0) is 20.8 Å². The number of anilines is 1. The van der Waals surface area contributed by atoms with Crippen molar-refractivity contribution in [2.45, 2.75) is 18.0 Å². The zero-order valence-corrected chi connectivity index (χ0v) is 21.6. The lowest BCUT2D eigenvalue weighted by Gasteiger charge is -2.31. The lowest BCUT2D eigenvalue weighted by atomic mass is 9.76. The Morgan fingerprint density at radius 2 is 1.79 bits per heavy atom. The van der Waals surface area contributed by atoms with Crippen molar-refractivity contribution in [3.63, 3.8) is 0 Å². The van der Waals surface area contributed by atoms with E-state index in [4.69, 9.17) is 4.74 Å². The molecule has 0 spiro atoms. The summed E-state index contributed by atoms with van der Waals surface area (Å²) in [5, 5.41) is 25.0. The summed E-state index contributed by atoms with van der Waals surface area (Å²) in [7, 11) is 1.28. The average molecular weight is 580 g/mol. The first kappa shape index (κ1) is 25.6. The van der Waals surface area contributed by atoms with Gasteiger partial charge in [-0.1, -0.05) is 58.4 Å². The number of carboxylic acid groups (broad SMARTS) is 1. The van der Waals surface area contributed by atoms with Gasteiger partial charge in [-0.15, -0.1) is 0 Å². The first-order chi connectivity index (χ1) is 18.2. The molecule has 194 valence electrons. The molecular weight excluding hydrogens is 558 g/mol. The Bertz CT molecular complexity index is 1450. The monoisotopic (exact) mass is 579 g/mol. The highest BCUT2D eigenvalue weighted by Crippen LogP contribution is 2.52. The third-order valence-electron chi connectivity index (χ3n) is 7.21. The van der Waals surface area contributed by atoms with E-state index < -0.39 is 46.1 Å². The number of hydrogen-bond acceptors (Lipinski definition) is 7. The zero-order chi connectivity index (χ0) is 27.2. The van der Waals surface area contributed by atoms with E-state index in [1.165, 1.54) is 19.2 Å². The second kappa shape index (κ2) is 9.66. The molecule has 11 heteroatoms. The van der Waals surface area contributed by atoms with Crippen LogP contribution in [0, 0.1) is 22.0 Å². The van der Waals surface area contributed by atoms with Crippen molar-refractivity contribution < 1.29 is 29.2 Å². The van der Waals surface area contributed by atoms with E-state index in [0.717, 1.165) is 15.4 Å². The molecule has 10 nitrogen and oxygen atoms in total. The van der Waals surface area contributed by atoms with Gasteiger partial charge < -0.3 is 9.84 Å². The van der Waals surface area contributed by atoms with Crippen LogP contribution in [-0.4, -0.2) is 40.5 Å². The molecule has 0 bridgehead atoms. The Balaban J connectivity index is 1.66. The van der Waals surface area contributed by atoms with Gasteiger partial charge in [0, 0.05) is 23.0 Å². The molecule has 2 heterocycles. The van der Waals surface area contributed by atoms with Crippen molar-refractivity contribution in [3.05, 3.63) is 98.5 Å². The van der Waals surface area contributed by atoms with Crippen LogP contribution in [0.3, 0.4) is 0 Å². The summed E-state index contributed by atoms with van der Waals surface area (Å²) in [4.78, 5) is 52.6. The predicted octanol–water partition coefficient (Wildman–Crippen LogP) is 3.88. The summed E-state index contributed by atoms with van der Waals surface area (Å²) in [6, 6.07) is 18.8. The van der Waals surface area contributed by atoms with Crippen LogP contribution in [0.5, 0.6) is 5.75 Å². The molecule has 4 atom stereocenters. The highest BCUT2D eigenvalue weighted by molar-refractivity contribution is 9.10. The van der Waals surface area contributed by atoms with Gasteiger partial charge in [-0.2, -0.15) is 0 Å². The van der Waals surface area contributed by atoms with E-state index in [1.54, 1.807) is 54.6 Å². The number of carbonyl (C=O) groups excluding carboxylic acids is 2. The third-order valence-corrected chi connectivity index (χ3v) is 7.73. The number of nitrogens with zero attached hydrogens (tertiary/aromatic N) is 2. The molecule has 0 radical (unpaired) electrons. The van der Waals surface area contributed by atoms with Gasteiger partial charge in [0.05, 0.1) is 35.6 Å². The molecule has 2 saturated heterocycles. The lowest BCUT2D eigenvalue weighted by molar-refractivity contribution is -0.384. The van der Waals surface area contributed by atoms with Gasteiger partial charge in [0.15, 0.2) is 0 Å². The van der Waals surface area contributed by atoms with E-state index in [0.29, 0.717) is 11.1 Å². The fraction of sp³-hybridized carbons (Fsp3) is 0.222. The topological polar surface area (TPSA) is 139 Å². The van der Waals surface area contributed by atoms with Crippen molar-refractivity contribution in [1.82, 2.24) is 5.32 Å². The fourth-order valence-electron chi connectivity index (χ4n) is 5.51. The molecule has 4 unspecified atom stereocenters. The van der Waals surface area contributed by atoms with Gasteiger partial charge in [0.2, 0.25) is 11.8 Å². The molecule has 2 amide bonds. The second-order valence-corrected chi connectivity index (χ2v) is 10.2. The Labute approximate surface area is 225 Å². The predicted molar refractivity (Wildman–Crippen MR) is 140 cm³/mol. The SMILES string of the molecule is COc1cc([N+](=O)[O-])ccc1N1C(=O)C2C(c3ccc(Br)cc3)NC(Cc3ccccc3)(C(=O)O)C2C1=O. The van der Waals surface area contributed by atoms with Crippen molar-refractivity contribution in [2.75, 3.05) is 12.0 Å². The zero-order valence-electron chi connectivity index (χ0n) is 20.0. The summed E-state index contributed by atoms with van der Waals surface area (Å²) in [5.41, 5.74) is -0.708. The molecule has 5 rings (SSSR count). The quantitative estimate of drug-likeness (QED) is 0.244. The van der Waals surface area contributed by atoms with Crippen LogP contribution in [0.25, 0.3) is 0 Å². The molecule has 2 fully saturated rings. The number of hydrogen-bond donors (Lipinski definition) is 2. The van der Waals surface area contributed by atoms with Crippen LogP contribution in [0.15, 0.2) is 77.3 Å². The normalized spacial score (nSPS) is 24.4. The molecule has 3 aromatic rings. The van der Waals surface area contributed by atoms with E-state index in [1.807, 2.05) is 0 Å². The van der Waals surface area contributed by atoms with Gasteiger partial charge >= 0.3 is 5.97 Å². The summed E-state index contributed by atoms with van der Waals surface area (Å²) in [6.45, 7) is 0. The minimum absolute atomic E-state index is 0.0241. The van der Waals surface area contributed by atoms with Crippen LogP contribution < -0.4 is 15.0 Å². The van der Waals surface area contributed by atoms with Crippen molar-refractivity contribution in [1.29, 1.82) is 0 Å². The number of nitro benzene ring substituents is 1. The number of benzene rings is 3. The molecule has 2 aliphatic heterocycles. The number of fused-ring (bicyclic) bond motifs is 1. The number of non-ortho nitro benzene ring substituents is 1. The minimum atomic E-state index is -1.79. The van der Waals surface area contributed by atoms with E-state index in [-0.39, 0.29) is 23.5 Å². The van der Waals surface area contributed by atoms with Crippen molar-refractivity contribution in [2.24, 2.45) is 11.8 Å². The van der Waals surface area contributed by atoms with Crippen molar-refractivity contribution in [3.8, 4) is 5.75 Å². The Hall–Kier alpha value is -4.09. The summed E-state index contributed by atoms with van der Waals surface area (Å²) in [5.74, 6) is -4.90. The van der Waals surface area contributed by atoms with Gasteiger partial charge in [0.1, 0.15) is 11.3 Å². The number of amides is 2. The summed E-state index contributed by atoms with van der Waals surface area (Å²) in [6.07, 6.45) is -0.0401. The number of methoxy groups -OCH3 is 1. The van der Waals surface area contributed by atoms with Crippen molar-refractivity contribution >= 4 is 45.1 Å². The number of carbonyl (C=O) groups is 3. The minimum Gasteiger partial charge on any atom is -0.494 e. The van der Waals surface area contributed by atoms with Crippen LogP contribution >= 0.6 is 15.9 Å². The smallest absolute Gasteiger partial charge is 0.325 e. The van der Waals surface area contributed by atoms with Gasteiger partial charge in [-0.05, 0) is 29.3 Å². The second-order valence-electron chi connectivity index (χ2n) is 9.24. The van der Waals surface area contributed by atoms with Gasteiger partial charge in [0.25, 0.3) is 5.69 Å². The number of rotatable bonds is 7. The number of halogens is 1. The summed E-state index contributed by atoms with van der Waals surface area (Å²) < 4.78 is 6.10. The number of nitrogens with one attached hydrogen (secondary N) is 1. The maximum atomic E-state index is 14.0. The average Bonchev–Trinajstić information content (AvgIpc) is 3.38. The molecule has 0 aliphatic carbocycles. The Morgan fingerprint density at radius 3 is 2.39 bits per heavy atom. The fourth-order valence-corrected chi connectivity index (χ4v) is 5.78. The maximum Gasteiger partial charge on any atom is 0.325 e. The van der Waals surface area contributed by atoms with Crippen LogP contribution in [0.2, 0.25) is 0 Å². The first-order valence-corrected chi connectivity index (χ1v) is 12.5. The molecule has 0 saturated carbocycles. The van der Waals surface area contributed by atoms with E-state index >= 15 is 0 Å².